The summed E-state index contributed by atoms with van der Waals surface area (Å²) in [5, 5.41) is 16.5. The summed E-state index contributed by atoms with van der Waals surface area (Å²) in [6.45, 7) is -0.171. The van der Waals surface area contributed by atoms with Gasteiger partial charge in [0.1, 0.15) is 29.6 Å². The molecule has 1 unspecified atom stereocenters. The minimum Gasteiger partial charge on any atom is -0.496 e. The van der Waals surface area contributed by atoms with E-state index >= 15 is 4.39 Å². The molecule has 4 heterocycles. The number of ether oxygens (including phenoxy) is 1. The van der Waals surface area contributed by atoms with Gasteiger partial charge in [0.2, 0.25) is 5.60 Å². The molecule has 0 saturated carbocycles. The molecule has 2 aliphatic heterocycles. The summed E-state index contributed by atoms with van der Waals surface area (Å²) in [4.78, 5) is 32.3. The number of benzene rings is 1. The molecule has 18 heteroatoms. The van der Waals surface area contributed by atoms with Gasteiger partial charge in [0.05, 0.1) is 31.0 Å². The fourth-order valence-corrected chi connectivity index (χ4v) is 5.88. The van der Waals surface area contributed by atoms with Crippen molar-refractivity contribution in [2.45, 2.75) is 62.6 Å². The first-order valence-electron chi connectivity index (χ1n) is 14.6. The summed E-state index contributed by atoms with van der Waals surface area (Å²) in [6, 6.07) is 2.08. The normalized spacial score (nSPS) is 21.5. The Morgan fingerprint density at radius 3 is 2.47 bits per heavy atom. The molecule has 3 atom stereocenters. The quantitative estimate of drug-likeness (QED) is 0.310. The van der Waals surface area contributed by atoms with E-state index in [1.54, 1.807) is 4.90 Å². The number of nitrogens with zero attached hydrogens (tertiary/aromatic N) is 5. The first kappa shape index (κ1) is 34.2. The number of carbonyl (C=O) groups is 2. The zero-order valence-corrected chi connectivity index (χ0v) is 25.3. The summed E-state index contributed by atoms with van der Waals surface area (Å²) in [5.41, 5.74) is 2.87. The summed E-state index contributed by atoms with van der Waals surface area (Å²) >= 11 is 0. The van der Waals surface area contributed by atoms with E-state index in [1.165, 1.54) is 10.6 Å². The number of rotatable bonds is 8. The zero-order chi connectivity index (χ0) is 34.5. The lowest BCUT2D eigenvalue weighted by atomic mass is 9.98. The molecule has 5 rings (SSSR count). The molecular weight excluding hydrogens is 643 g/mol. The molecule has 47 heavy (non-hydrogen) atoms. The average Bonchev–Trinajstić information content (AvgIpc) is 3.56. The maximum Gasteiger partial charge on any atom is 0.426 e. The predicted molar refractivity (Wildman–Crippen MR) is 153 cm³/mol. The highest BCUT2D eigenvalue weighted by Gasteiger charge is 2.60. The van der Waals surface area contributed by atoms with Crippen molar-refractivity contribution in [3.63, 3.8) is 0 Å². The predicted octanol–water partition coefficient (Wildman–Crippen LogP) is 3.34. The lowest BCUT2D eigenvalue weighted by molar-refractivity contribution is -0.256. The van der Waals surface area contributed by atoms with Crippen molar-refractivity contribution in [2.24, 2.45) is 0 Å². The van der Waals surface area contributed by atoms with Gasteiger partial charge in [-0.3, -0.25) is 14.5 Å². The second-order valence-corrected chi connectivity index (χ2v) is 11.6. The van der Waals surface area contributed by atoms with Crippen LogP contribution >= 0.6 is 0 Å². The number of likely N-dealkylation sites (tertiary alicyclic amines) is 2. The van der Waals surface area contributed by atoms with E-state index in [0.29, 0.717) is 16.0 Å². The number of aliphatic hydroxyl groups is 1. The zero-order valence-electron chi connectivity index (χ0n) is 25.3. The molecule has 4 N–H and O–H groups in total. The number of nitrogens with one attached hydrogen (secondary N) is 1. The fourth-order valence-electron chi connectivity index (χ4n) is 5.88. The lowest BCUT2D eigenvalue weighted by Crippen LogP contribution is -2.57. The maximum absolute atomic E-state index is 15.6. The van der Waals surface area contributed by atoms with Gasteiger partial charge in [0.15, 0.2) is 5.82 Å². The molecule has 1 aromatic carbocycles. The van der Waals surface area contributed by atoms with Crippen LogP contribution in [0.5, 0.6) is 5.75 Å². The molecule has 0 aliphatic carbocycles. The lowest BCUT2D eigenvalue weighted by Gasteiger charge is -2.31. The molecule has 2 fully saturated rings. The van der Waals surface area contributed by atoms with Gasteiger partial charge in [-0.1, -0.05) is 6.92 Å². The van der Waals surface area contributed by atoms with Crippen molar-refractivity contribution < 1.29 is 50.2 Å². The molecule has 256 valence electrons. The van der Waals surface area contributed by atoms with Crippen LogP contribution in [0.1, 0.15) is 42.1 Å². The van der Waals surface area contributed by atoms with Crippen molar-refractivity contribution in [2.75, 3.05) is 39.0 Å². The standard InChI is InChI=1S/C29H32F7N7O4/c1-3-28(46,29(34,35)36)26(45)42-12-19(31)20(13-42)40-25(44)17-9-16(18(30)10-22(17)47-2)21-8-15(23-24(37)38-14-39-43(21)23)11-41-6-4-27(32,33)5-7-41/h8-10,14,19-20,46H,3-7,11-13H2,1-2H3,(H,40,44)(H2,37,38,39)/t19-,20+,28?/m0/s1. The number of carbonyl (C=O) groups excluding carboxylic acids is 2. The summed E-state index contributed by atoms with van der Waals surface area (Å²) in [5.74, 6) is -6.59. The SMILES string of the molecule is CCC(O)(C(=O)N1C[C@H](F)[C@H](NC(=O)c2cc(-c3cc(CN4CCC(F)(F)CC4)c4c(N)ncnn34)c(F)cc2OC)C1)C(F)(F)F. The number of hydrogen-bond acceptors (Lipinski definition) is 8. The summed E-state index contributed by atoms with van der Waals surface area (Å²) in [7, 11) is 1.16. The number of halogens is 7. The number of alkyl halides is 6. The molecule has 3 aromatic rings. The molecule has 2 amide bonds. The minimum atomic E-state index is -5.31. The van der Waals surface area contributed by atoms with Crippen molar-refractivity contribution in [3.8, 4) is 17.0 Å². The summed E-state index contributed by atoms with van der Waals surface area (Å²) in [6.07, 6.45) is -7.86. The van der Waals surface area contributed by atoms with Crippen LogP contribution in [0.25, 0.3) is 16.8 Å². The number of nitrogens with two attached hydrogens (primary N) is 1. The number of methoxy groups -OCH3 is 1. The average molecular weight is 676 g/mol. The second kappa shape index (κ2) is 12.4. The van der Waals surface area contributed by atoms with E-state index < -0.39 is 67.1 Å². The van der Waals surface area contributed by atoms with Gasteiger partial charge < -0.3 is 25.8 Å². The van der Waals surface area contributed by atoms with Crippen LogP contribution in [0.15, 0.2) is 24.5 Å². The third-order valence-electron chi connectivity index (χ3n) is 8.64. The first-order valence-corrected chi connectivity index (χ1v) is 14.6. The topological polar surface area (TPSA) is 138 Å². The van der Waals surface area contributed by atoms with Gasteiger partial charge in [-0.05, 0) is 24.1 Å². The van der Waals surface area contributed by atoms with E-state index in [-0.39, 0.29) is 60.9 Å². The van der Waals surface area contributed by atoms with Crippen LogP contribution in [0.3, 0.4) is 0 Å². The monoisotopic (exact) mass is 675 g/mol. The molecular formula is C29H32F7N7O4. The van der Waals surface area contributed by atoms with Crippen molar-refractivity contribution in [1.82, 2.24) is 29.7 Å². The number of hydrogen-bond donors (Lipinski definition) is 3. The Bertz CT molecular complexity index is 1670. The number of aromatic nitrogens is 3. The van der Waals surface area contributed by atoms with Crippen molar-refractivity contribution in [1.29, 1.82) is 0 Å². The first-order chi connectivity index (χ1) is 22.0. The van der Waals surface area contributed by atoms with E-state index in [1.807, 2.05) is 0 Å². The number of piperidine rings is 1. The highest BCUT2D eigenvalue weighted by atomic mass is 19.4. The van der Waals surface area contributed by atoms with Crippen LogP contribution < -0.4 is 15.8 Å². The molecule has 2 saturated heterocycles. The van der Waals surface area contributed by atoms with Gasteiger partial charge in [-0.2, -0.15) is 18.3 Å². The van der Waals surface area contributed by atoms with Gasteiger partial charge in [-0.15, -0.1) is 0 Å². The molecule has 2 aromatic heterocycles. The van der Waals surface area contributed by atoms with Crippen LogP contribution in [-0.4, -0.2) is 105 Å². The largest absolute Gasteiger partial charge is 0.496 e. The fraction of sp³-hybridized carbons (Fsp3) is 0.517. The number of nitrogen functional groups attached to an aromatic ring is 1. The van der Waals surface area contributed by atoms with Gasteiger partial charge in [0.25, 0.3) is 17.7 Å². The van der Waals surface area contributed by atoms with E-state index in [2.05, 4.69) is 15.4 Å². The Morgan fingerprint density at radius 1 is 1.17 bits per heavy atom. The molecule has 0 bridgehead atoms. The van der Waals surface area contributed by atoms with Crippen LogP contribution in [0.4, 0.5) is 36.6 Å². The number of anilines is 1. The van der Waals surface area contributed by atoms with Gasteiger partial charge in [-0.25, -0.2) is 27.1 Å². The Kier molecular flexibility index (Phi) is 9.04. The molecule has 0 radical (unpaired) electrons. The van der Waals surface area contributed by atoms with Gasteiger partial charge in [0, 0.05) is 50.7 Å². The maximum atomic E-state index is 15.6. The van der Waals surface area contributed by atoms with E-state index in [4.69, 9.17) is 10.5 Å². The molecule has 2 aliphatic rings. The second-order valence-electron chi connectivity index (χ2n) is 11.6. The van der Waals surface area contributed by atoms with Crippen LogP contribution in [0, 0.1) is 5.82 Å². The third kappa shape index (κ3) is 6.39. The Morgan fingerprint density at radius 2 is 1.85 bits per heavy atom. The van der Waals surface area contributed by atoms with Crippen molar-refractivity contribution in [3.05, 3.63) is 41.5 Å². The number of fused-ring (bicyclic) bond motifs is 1. The Hall–Kier alpha value is -4.19. The molecule has 11 nitrogen and oxygen atoms in total. The number of amides is 2. The molecule has 0 spiro atoms. The van der Waals surface area contributed by atoms with Crippen LogP contribution in [0.2, 0.25) is 0 Å². The van der Waals surface area contributed by atoms with Gasteiger partial charge >= 0.3 is 6.18 Å². The minimum absolute atomic E-state index is 0.0327. The third-order valence-corrected chi connectivity index (χ3v) is 8.64. The highest BCUT2D eigenvalue weighted by Crippen LogP contribution is 2.37. The highest BCUT2D eigenvalue weighted by molar-refractivity contribution is 5.99. The Labute approximate surface area is 263 Å². The summed E-state index contributed by atoms with van der Waals surface area (Å²) < 4.78 is 105. The smallest absolute Gasteiger partial charge is 0.426 e. The van der Waals surface area contributed by atoms with E-state index in [9.17, 15) is 41.0 Å². The Balaban J connectivity index is 1.44. The van der Waals surface area contributed by atoms with Crippen LogP contribution in [-0.2, 0) is 11.3 Å². The van der Waals surface area contributed by atoms with E-state index in [0.717, 1.165) is 32.5 Å². The van der Waals surface area contributed by atoms with Crippen molar-refractivity contribution >= 4 is 23.1 Å².